The van der Waals surface area contributed by atoms with Crippen LogP contribution in [0.5, 0.6) is 0 Å². The minimum atomic E-state index is -0.460. The molecule has 7 nitrogen and oxygen atoms in total. The number of rotatable bonds is 4. The molecule has 148 valence electrons. The molecule has 3 rings (SSSR count). The van der Waals surface area contributed by atoms with Gasteiger partial charge in [-0.05, 0) is 36.9 Å². The summed E-state index contributed by atoms with van der Waals surface area (Å²) in [6, 6.07) is 3.89. The first-order chi connectivity index (χ1) is 13.4. The van der Waals surface area contributed by atoms with Crippen LogP contribution < -0.4 is 0 Å². The molecule has 0 atom stereocenters. The molecule has 8 heteroatoms. The lowest BCUT2D eigenvalue weighted by atomic mass is 10.1. The predicted octanol–water partition coefficient (Wildman–Crippen LogP) is 2.48. The number of ether oxygens (including phenoxy) is 1. The first-order valence-electron chi connectivity index (χ1n) is 8.99. The smallest absolute Gasteiger partial charge is 0.339 e. The van der Waals surface area contributed by atoms with Crippen molar-refractivity contribution >= 4 is 35.2 Å². The number of nitrogens with one attached hydrogen (secondary N) is 1. The van der Waals surface area contributed by atoms with Crippen molar-refractivity contribution in [2.45, 2.75) is 13.8 Å². The van der Waals surface area contributed by atoms with E-state index in [1.54, 1.807) is 41.1 Å². The van der Waals surface area contributed by atoms with Gasteiger partial charge < -0.3 is 19.5 Å². The monoisotopic (exact) mass is 401 g/mol. The lowest BCUT2D eigenvalue weighted by Gasteiger charge is -2.34. The van der Waals surface area contributed by atoms with Crippen LogP contribution in [0.2, 0.25) is 0 Å². The number of nitrogens with zero attached hydrogens (tertiary/aromatic N) is 2. The van der Waals surface area contributed by atoms with Gasteiger partial charge in [0.1, 0.15) is 5.69 Å². The number of carbonyl (C=O) groups is 3. The summed E-state index contributed by atoms with van der Waals surface area (Å²) in [6.45, 7) is 5.32. The number of aromatic amines is 1. The Balaban J connectivity index is 1.63. The van der Waals surface area contributed by atoms with Crippen LogP contribution in [0.25, 0.3) is 6.08 Å². The fourth-order valence-electron chi connectivity index (χ4n) is 3.31. The van der Waals surface area contributed by atoms with Crippen LogP contribution in [0.1, 0.15) is 37.0 Å². The van der Waals surface area contributed by atoms with Gasteiger partial charge in [-0.3, -0.25) is 9.59 Å². The maximum Gasteiger partial charge on any atom is 0.339 e. The number of amides is 2. The number of H-pyrrole nitrogens is 1. The van der Waals surface area contributed by atoms with Gasteiger partial charge in [0.2, 0.25) is 5.91 Å². The number of hydrogen-bond donors (Lipinski definition) is 1. The molecule has 1 aliphatic rings. The number of hydrogen-bond acceptors (Lipinski definition) is 5. The molecule has 28 heavy (non-hydrogen) atoms. The molecule has 0 bridgehead atoms. The second-order valence-electron chi connectivity index (χ2n) is 6.58. The highest BCUT2D eigenvalue weighted by molar-refractivity contribution is 7.10. The average molecular weight is 401 g/mol. The van der Waals surface area contributed by atoms with E-state index in [0.717, 1.165) is 4.88 Å². The highest BCUT2D eigenvalue weighted by atomic mass is 32.1. The van der Waals surface area contributed by atoms with E-state index < -0.39 is 5.97 Å². The maximum atomic E-state index is 12.9. The minimum Gasteiger partial charge on any atom is -0.465 e. The van der Waals surface area contributed by atoms with Gasteiger partial charge in [-0.25, -0.2) is 4.79 Å². The fraction of sp³-hybridized carbons (Fsp3) is 0.350. The summed E-state index contributed by atoms with van der Waals surface area (Å²) >= 11 is 1.57. The molecule has 0 radical (unpaired) electrons. The highest BCUT2D eigenvalue weighted by Crippen LogP contribution is 2.21. The summed E-state index contributed by atoms with van der Waals surface area (Å²) in [5, 5.41) is 1.96. The lowest BCUT2D eigenvalue weighted by molar-refractivity contribution is -0.127. The maximum absolute atomic E-state index is 12.9. The molecule has 1 fully saturated rings. The Morgan fingerprint density at radius 1 is 1.14 bits per heavy atom. The van der Waals surface area contributed by atoms with Gasteiger partial charge in [-0.2, -0.15) is 0 Å². The van der Waals surface area contributed by atoms with E-state index in [0.29, 0.717) is 48.7 Å². The molecular formula is C20H23N3O4S. The standard InChI is InChI=1S/C20H23N3O4S/c1-13-17(20(26)27-3)14(2)21-18(13)19(25)23-10-8-22(9-11-23)16(24)7-6-15-5-4-12-28-15/h4-7,12,21H,8-11H2,1-3H3. The number of esters is 1. The minimum absolute atomic E-state index is 0.0552. The number of methoxy groups -OCH3 is 1. The van der Waals surface area contributed by atoms with Crippen LogP contribution in [-0.2, 0) is 9.53 Å². The van der Waals surface area contributed by atoms with Crippen molar-refractivity contribution in [1.29, 1.82) is 0 Å². The van der Waals surface area contributed by atoms with Gasteiger partial charge in [0.05, 0.1) is 12.7 Å². The van der Waals surface area contributed by atoms with Crippen LogP contribution in [-0.4, -0.2) is 65.9 Å². The molecule has 0 spiro atoms. The van der Waals surface area contributed by atoms with Crippen molar-refractivity contribution in [1.82, 2.24) is 14.8 Å². The van der Waals surface area contributed by atoms with E-state index in [4.69, 9.17) is 4.74 Å². The predicted molar refractivity (Wildman–Crippen MR) is 107 cm³/mol. The Morgan fingerprint density at radius 3 is 2.43 bits per heavy atom. The molecule has 1 N–H and O–H groups in total. The molecule has 1 aliphatic heterocycles. The molecule has 2 amide bonds. The van der Waals surface area contributed by atoms with Crippen molar-refractivity contribution in [3.63, 3.8) is 0 Å². The number of piperazine rings is 1. The van der Waals surface area contributed by atoms with E-state index in [1.807, 2.05) is 23.6 Å². The van der Waals surface area contributed by atoms with Gasteiger partial charge in [-0.1, -0.05) is 6.07 Å². The SMILES string of the molecule is COC(=O)c1c(C)[nH]c(C(=O)N2CCN(C(=O)C=Cc3cccs3)CC2)c1C. The normalized spacial score (nSPS) is 14.5. The summed E-state index contributed by atoms with van der Waals surface area (Å²) < 4.78 is 4.79. The van der Waals surface area contributed by atoms with Gasteiger partial charge >= 0.3 is 5.97 Å². The van der Waals surface area contributed by atoms with E-state index >= 15 is 0 Å². The van der Waals surface area contributed by atoms with Gasteiger partial charge in [0.25, 0.3) is 5.91 Å². The zero-order valence-corrected chi connectivity index (χ0v) is 17.0. The van der Waals surface area contributed by atoms with Crippen LogP contribution in [0, 0.1) is 13.8 Å². The Hall–Kier alpha value is -2.87. The van der Waals surface area contributed by atoms with Crippen LogP contribution in [0.3, 0.4) is 0 Å². The Kier molecular flexibility index (Phi) is 5.99. The summed E-state index contributed by atoms with van der Waals surface area (Å²) in [6.07, 6.45) is 3.38. The number of aryl methyl sites for hydroxylation is 1. The van der Waals surface area contributed by atoms with Crippen molar-refractivity contribution in [2.75, 3.05) is 33.3 Å². The molecule has 3 heterocycles. The summed E-state index contributed by atoms with van der Waals surface area (Å²) in [5.41, 5.74) is 2.00. The molecule has 2 aromatic heterocycles. The van der Waals surface area contributed by atoms with Gasteiger partial charge in [0, 0.05) is 42.8 Å². The van der Waals surface area contributed by atoms with Crippen molar-refractivity contribution in [3.8, 4) is 0 Å². The fourth-order valence-corrected chi connectivity index (χ4v) is 3.92. The zero-order valence-electron chi connectivity index (χ0n) is 16.2. The van der Waals surface area contributed by atoms with Gasteiger partial charge in [-0.15, -0.1) is 11.3 Å². The number of carbonyl (C=O) groups excluding carboxylic acids is 3. The zero-order chi connectivity index (χ0) is 20.3. The highest BCUT2D eigenvalue weighted by Gasteiger charge is 2.28. The van der Waals surface area contributed by atoms with Crippen molar-refractivity contribution < 1.29 is 19.1 Å². The van der Waals surface area contributed by atoms with E-state index in [9.17, 15) is 14.4 Å². The third-order valence-corrected chi connectivity index (χ3v) is 5.69. The summed E-state index contributed by atoms with van der Waals surface area (Å²) in [4.78, 5) is 44.6. The van der Waals surface area contributed by atoms with Crippen molar-refractivity contribution in [2.24, 2.45) is 0 Å². The van der Waals surface area contributed by atoms with E-state index in [1.165, 1.54) is 7.11 Å². The quantitative estimate of drug-likeness (QED) is 0.630. The third-order valence-electron chi connectivity index (χ3n) is 4.85. The Morgan fingerprint density at radius 2 is 1.82 bits per heavy atom. The topological polar surface area (TPSA) is 82.7 Å². The van der Waals surface area contributed by atoms with Crippen molar-refractivity contribution in [3.05, 3.63) is 51.0 Å². The molecule has 2 aromatic rings. The summed E-state index contributed by atoms with van der Waals surface area (Å²) in [5.74, 6) is -0.685. The second kappa shape index (κ2) is 8.43. The van der Waals surface area contributed by atoms with Gasteiger partial charge in [0.15, 0.2) is 0 Å². The van der Waals surface area contributed by atoms with Crippen LogP contribution >= 0.6 is 11.3 Å². The third kappa shape index (κ3) is 4.01. The molecular weight excluding hydrogens is 378 g/mol. The molecule has 1 saturated heterocycles. The lowest BCUT2D eigenvalue weighted by Crippen LogP contribution is -2.50. The Bertz CT molecular complexity index is 906. The molecule has 0 unspecified atom stereocenters. The molecule has 0 aliphatic carbocycles. The number of thiophene rings is 1. The first-order valence-corrected chi connectivity index (χ1v) is 9.87. The molecule has 0 aromatic carbocycles. The van der Waals surface area contributed by atoms with Crippen LogP contribution in [0.4, 0.5) is 0 Å². The average Bonchev–Trinajstić information content (AvgIpc) is 3.33. The van der Waals surface area contributed by atoms with E-state index in [2.05, 4.69) is 4.98 Å². The first kappa shape index (κ1) is 19.9. The molecule has 0 saturated carbocycles. The largest absolute Gasteiger partial charge is 0.465 e. The number of aromatic nitrogens is 1. The summed E-state index contributed by atoms with van der Waals surface area (Å²) in [7, 11) is 1.32. The Labute approximate surface area is 167 Å². The second-order valence-corrected chi connectivity index (χ2v) is 7.56. The van der Waals surface area contributed by atoms with Crippen LogP contribution in [0.15, 0.2) is 23.6 Å². The van der Waals surface area contributed by atoms with E-state index in [-0.39, 0.29) is 11.8 Å².